The molecule has 2 aromatic rings. The SMILES string of the molecule is COCc1ccccc1[SiH](SCc1ccccc1)C(Cl)Cl. The van der Waals surface area contributed by atoms with Crippen molar-refractivity contribution < 1.29 is 4.74 Å². The second-order valence-corrected chi connectivity index (χ2v) is 12.0. The second kappa shape index (κ2) is 8.86. The zero-order valence-electron chi connectivity index (χ0n) is 11.8. The van der Waals surface area contributed by atoms with Crippen molar-refractivity contribution >= 4 is 47.5 Å². The summed E-state index contributed by atoms with van der Waals surface area (Å²) in [6.45, 7) is 0.603. The van der Waals surface area contributed by atoms with Gasteiger partial charge < -0.3 is 4.74 Å². The van der Waals surface area contributed by atoms with Gasteiger partial charge in [-0.3, -0.25) is 0 Å². The van der Waals surface area contributed by atoms with Crippen LogP contribution in [0.1, 0.15) is 11.1 Å². The van der Waals surface area contributed by atoms with Gasteiger partial charge >= 0.3 is 0 Å². The van der Waals surface area contributed by atoms with Crippen LogP contribution in [0.15, 0.2) is 54.6 Å². The Morgan fingerprint density at radius 3 is 2.38 bits per heavy atom. The normalized spacial score (nSPS) is 12.6. The standard InChI is InChI=1S/C16H18Cl2OSSi/c1-19-11-14-9-5-6-10-15(14)21(16(17)18)20-12-13-7-3-2-4-8-13/h2-10,16,21H,11-12H2,1H3. The van der Waals surface area contributed by atoms with Crippen molar-refractivity contribution in [2.75, 3.05) is 7.11 Å². The van der Waals surface area contributed by atoms with Crippen LogP contribution in [0.5, 0.6) is 0 Å². The van der Waals surface area contributed by atoms with Crippen molar-refractivity contribution in [3.63, 3.8) is 0 Å². The highest BCUT2D eigenvalue weighted by atomic mass is 35.5. The van der Waals surface area contributed by atoms with E-state index in [-0.39, 0.29) is 4.46 Å². The third-order valence-electron chi connectivity index (χ3n) is 3.16. The van der Waals surface area contributed by atoms with Gasteiger partial charge in [0.15, 0.2) is 7.95 Å². The summed E-state index contributed by atoms with van der Waals surface area (Å²) in [6.07, 6.45) is 0. The molecule has 21 heavy (non-hydrogen) atoms. The monoisotopic (exact) mass is 356 g/mol. The fraction of sp³-hybridized carbons (Fsp3) is 0.250. The van der Waals surface area contributed by atoms with Crippen molar-refractivity contribution in [1.29, 1.82) is 0 Å². The molecule has 1 atom stereocenters. The Bertz CT molecular complexity index is 551. The number of rotatable bonds is 7. The fourth-order valence-electron chi connectivity index (χ4n) is 2.16. The minimum Gasteiger partial charge on any atom is -0.380 e. The lowest BCUT2D eigenvalue weighted by Gasteiger charge is -2.19. The lowest BCUT2D eigenvalue weighted by molar-refractivity contribution is 0.185. The second-order valence-electron chi connectivity index (χ2n) is 4.68. The molecule has 0 heterocycles. The Hall–Kier alpha value is -0.453. The Kier molecular flexibility index (Phi) is 7.13. The molecule has 0 amide bonds. The molecule has 0 N–H and O–H groups in total. The number of hydrogen-bond acceptors (Lipinski definition) is 2. The molecule has 0 saturated heterocycles. The lowest BCUT2D eigenvalue weighted by atomic mass is 10.2. The topological polar surface area (TPSA) is 9.23 Å². The molecule has 1 nitrogen and oxygen atoms in total. The molecule has 1 unspecified atom stereocenters. The zero-order chi connectivity index (χ0) is 15.1. The van der Waals surface area contributed by atoms with E-state index in [4.69, 9.17) is 27.9 Å². The van der Waals surface area contributed by atoms with Crippen LogP contribution in [-0.4, -0.2) is 19.5 Å². The third-order valence-corrected chi connectivity index (χ3v) is 11.2. The van der Waals surface area contributed by atoms with Crippen LogP contribution in [0.25, 0.3) is 0 Å². The van der Waals surface area contributed by atoms with E-state index in [0.29, 0.717) is 6.61 Å². The molecule has 5 heteroatoms. The molecule has 0 saturated carbocycles. The average molecular weight is 357 g/mol. The average Bonchev–Trinajstić information content (AvgIpc) is 2.50. The van der Waals surface area contributed by atoms with Gasteiger partial charge in [-0.2, -0.15) is 11.2 Å². The van der Waals surface area contributed by atoms with Crippen molar-refractivity contribution in [2.45, 2.75) is 16.8 Å². The summed E-state index contributed by atoms with van der Waals surface area (Å²) in [5.74, 6) is 0.939. The summed E-state index contributed by atoms with van der Waals surface area (Å²) in [5.41, 5.74) is 2.50. The van der Waals surface area contributed by atoms with E-state index in [2.05, 4.69) is 36.4 Å². The fourth-order valence-corrected chi connectivity index (χ4v) is 9.07. The van der Waals surface area contributed by atoms with E-state index < -0.39 is 7.95 Å². The van der Waals surface area contributed by atoms with Gasteiger partial charge in [-0.05, 0) is 16.3 Å². The highest BCUT2D eigenvalue weighted by molar-refractivity contribution is 8.26. The first-order chi connectivity index (χ1) is 10.2. The number of benzene rings is 2. The highest BCUT2D eigenvalue weighted by Gasteiger charge is 2.24. The van der Waals surface area contributed by atoms with E-state index in [1.165, 1.54) is 16.3 Å². The van der Waals surface area contributed by atoms with Gasteiger partial charge in [0, 0.05) is 12.9 Å². The smallest absolute Gasteiger partial charge is 0.168 e. The Morgan fingerprint density at radius 1 is 1.05 bits per heavy atom. The van der Waals surface area contributed by atoms with Gasteiger partial charge in [0.1, 0.15) is 4.46 Å². The van der Waals surface area contributed by atoms with Crippen LogP contribution < -0.4 is 5.19 Å². The maximum Gasteiger partial charge on any atom is 0.168 e. The minimum atomic E-state index is -1.54. The molecule has 0 aliphatic heterocycles. The highest BCUT2D eigenvalue weighted by Crippen LogP contribution is 2.23. The first kappa shape index (κ1) is 16.9. The predicted molar refractivity (Wildman–Crippen MR) is 97.2 cm³/mol. The van der Waals surface area contributed by atoms with E-state index >= 15 is 0 Å². The van der Waals surface area contributed by atoms with Gasteiger partial charge in [-0.25, -0.2) is 0 Å². The Morgan fingerprint density at radius 2 is 1.71 bits per heavy atom. The summed E-state index contributed by atoms with van der Waals surface area (Å²) >= 11 is 14.5. The van der Waals surface area contributed by atoms with E-state index in [1.54, 1.807) is 7.11 Å². The van der Waals surface area contributed by atoms with Crippen molar-refractivity contribution in [3.8, 4) is 0 Å². The maximum atomic E-state index is 6.28. The quantitative estimate of drug-likeness (QED) is 0.546. The molecule has 0 aliphatic carbocycles. The molecule has 0 bridgehead atoms. The summed E-state index contributed by atoms with van der Waals surface area (Å²) in [5, 5.41) is 1.29. The number of hydrogen-bond donors (Lipinski definition) is 0. The van der Waals surface area contributed by atoms with Crippen LogP contribution >= 0.6 is 34.4 Å². The predicted octanol–water partition coefficient (Wildman–Crippen LogP) is 4.04. The van der Waals surface area contributed by atoms with Gasteiger partial charge in [0.2, 0.25) is 0 Å². The van der Waals surface area contributed by atoms with Crippen molar-refractivity contribution in [3.05, 3.63) is 65.7 Å². The van der Waals surface area contributed by atoms with E-state index in [0.717, 1.165) is 5.75 Å². The molecule has 0 aromatic heterocycles. The summed E-state index contributed by atoms with van der Waals surface area (Å²) in [7, 11) is 0.173. The zero-order valence-corrected chi connectivity index (χ0v) is 15.3. The van der Waals surface area contributed by atoms with Gasteiger partial charge in [0.25, 0.3) is 0 Å². The van der Waals surface area contributed by atoms with Crippen molar-refractivity contribution in [2.24, 2.45) is 0 Å². The lowest BCUT2D eigenvalue weighted by Crippen LogP contribution is -2.36. The first-order valence-corrected chi connectivity index (χ1v) is 11.3. The summed E-state index contributed by atoms with van der Waals surface area (Å²) < 4.78 is 4.97. The van der Waals surface area contributed by atoms with E-state index in [1.807, 2.05) is 29.4 Å². The number of alkyl halides is 2. The molecule has 2 aromatic carbocycles. The number of halogens is 2. The largest absolute Gasteiger partial charge is 0.380 e. The van der Waals surface area contributed by atoms with Crippen molar-refractivity contribution in [1.82, 2.24) is 0 Å². The number of ether oxygens (including phenoxy) is 1. The Labute approximate surface area is 141 Å². The van der Waals surface area contributed by atoms with Gasteiger partial charge in [0.05, 0.1) is 6.61 Å². The number of methoxy groups -OCH3 is 1. The third kappa shape index (κ3) is 5.04. The molecule has 0 radical (unpaired) electrons. The molecular formula is C16H18Cl2OSSi. The molecule has 0 fully saturated rings. The molecular weight excluding hydrogens is 339 g/mol. The van der Waals surface area contributed by atoms with Crippen LogP contribution in [-0.2, 0) is 17.1 Å². The van der Waals surface area contributed by atoms with Gasteiger partial charge in [-0.15, -0.1) is 23.2 Å². The Balaban J connectivity index is 2.15. The minimum absolute atomic E-state index is 0.322. The first-order valence-electron chi connectivity index (χ1n) is 6.72. The molecule has 2 rings (SSSR count). The summed E-state index contributed by atoms with van der Waals surface area (Å²) in [4.78, 5) is 0. The van der Waals surface area contributed by atoms with Crippen LogP contribution in [0.3, 0.4) is 0 Å². The molecule has 0 aliphatic rings. The van der Waals surface area contributed by atoms with Crippen LogP contribution in [0.4, 0.5) is 0 Å². The van der Waals surface area contributed by atoms with E-state index in [9.17, 15) is 0 Å². The molecule has 112 valence electrons. The molecule has 0 spiro atoms. The van der Waals surface area contributed by atoms with Crippen LogP contribution in [0.2, 0.25) is 0 Å². The summed E-state index contributed by atoms with van der Waals surface area (Å²) in [6, 6.07) is 18.7. The maximum absolute atomic E-state index is 6.28. The van der Waals surface area contributed by atoms with Gasteiger partial charge in [-0.1, -0.05) is 54.6 Å². The van der Waals surface area contributed by atoms with Crippen LogP contribution in [0, 0.1) is 0 Å².